The van der Waals surface area contributed by atoms with Crippen LogP contribution in [-0.2, 0) is 19.1 Å². The van der Waals surface area contributed by atoms with E-state index in [1.165, 1.54) is 225 Å². The van der Waals surface area contributed by atoms with Crippen LogP contribution in [0.2, 0.25) is 0 Å². The Balaban J connectivity index is 3.43. The van der Waals surface area contributed by atoms with Gasteiger partial charge in [0.25, 0.3) is 0 Å². The van der Waals surface area contributed by atoms with Crippen molar-refractivity contribution in [1.82, 2.24) is 0 Å². The summed E-state index contributed by atoms with van der Waals surface area (Å²) in [5.74, 6) is 1.26. The number of aliphatic hydroxyl groups excluding tert-OH is 1. The highest BCUT2D eigenvalue weighted by Crippen LogP contribution is 2.19. The molecule has 0 rings (SSSR count). The van der Waals surface area contributed by atoms with Gasteiger partial charge < -0.3 is 14.6 Å². The van der Waals surface area contributed by atoms with Gasteiger partial charge in [-0.25, -0.2) is 0 Å². The second-order valence-corrected chi connectivity index (χ2v) is 18.8. The lowest BCUT2D eigenvalue weighted by molar-refractivity contribution is -0.161. The van der Waals surface area contributed by atoms with Crippen LogP contribution in [0.3, 0.4) is 0 Å². The molecule has 0 spiro atoms. The third kappa shape index (κ3) is 44.5. The van der Waals surface area contributed by atoms with Gasteiger partial charge in [0.1, 0.15) is 6.61 Å². The van der Waals surface area contributed by atoms with Gasteiger partial charge in [0.05, 0.1) is 6.61 Å². The molecule has 0 heterocycles. The van der Waals surface area contributed by atoms with E-state index in [0.29, 0.717) is 12.8 Å². The van der Waals surface area contributed by atoms with Crippen molar-refractivity contribution in [2.75, 3.05) is 13.2 Å². The molecule has 0 aliphatic heterocycles. The van der Waals surface area contributed by atoms with Gasteiger partial charge >= 0.3 is 11.9 Å². The summed E-state index contributed by atoms with van der Waals surface area (Å²) in [6, 6.07) is 0. The third-order valence-corrected chi connectivity index (χ3v) is 13.0. The molecule has 0 aromatic rings. The monoisotopic (exact) mass is 821 g/mol. The second kappa shape index (κ2) is 47.0. The van der Waals surface area contributed by atoms with Gasteiger partial charge in [0, 0.05) is 12.8 Å². The van der Waals surface area contributed by atoms with Crippen LogP contribution < -0.4 is 0 Å². The number of unbranched alkanes of at least 4 members (excludes halogenated alkanes) is 34. The van der Waals surface area contributed by atoms with Gasteiger partial charge in [-0.05, 0) is 24.7 Å². The Morgan fingerprint density at radius 1 is 0.379 bits per heavy atom. The molecule has 0 bridgehead atoms. The van der Waals surface area contributed by atoms with E-state index in [2.05, 4.69) is 27.7 Å². The number of aliphatic hydroxyl groups is 1. The molecule has 0 aromatic heterocycles. The average Bonchev–Trinajstić information content (AvgIpc) is 3.23. The van der Waals surface area contributed by atoms with Crippen LogP contribution in [0.4, 0.5) is 0 Å². The first-order valence-corrected chi connectivity index (χ1v) is 26.4. The van der Waals surface area contributed by atoms with Gasteiger partial charge in [-0.2, -0.15) is 0 Å². The van der Waals surface area contributed by atoms with E-state index in [1.807, 2.05) is 0 Å². The number of hydrogen-bond acceptors (Lipinski definition) is 5. The number of carbonyl (C=O) groups is 2. The van der Waals surface area contributed by atoms with E-state index in [1.54, 1.807) is 0 Å². The van der Waals surface area contributed by atoms with E-state index < -0.39 is 6.10 Å². The normalized spacial score (nSPS) is 13.1. The number of esters is 2. The standard InChI is InChI=1S/C53H104O5/c1-5-49(3)43-39-35-31-27-23-19-15-11-7-9-13-17-21-25-29-33-37-41-45-52(55)57-48-51(47-54)58-53(56)46-42-38-34-30-26-22-18-14-10-8-12-16-20-24-28-32-36-40-44-50(4)6-2/h49-51,54H,5-48H2,1-4H3/t49?,50?,51-/m0/s1. The molecule has 0 saturated carbocycles. The summed E-state index contributed by atoms with van der Waals surface area (Å²) in [7, 11) is 0. The fraction of sp³-hybridized carbons (Fsp3) is 0.962. The summed E-state index contributed by atoms with van der Waals surface area (Å²) in [4.78, 5) is 24.5. The van der Waals surface area contributed by atoms with Crippen LogP contribution in [0.15, 0.2) is 0 Å². The predicted octanol–water partition coefficient (Wildman–Crippen LogP) is 17.1. The molecule has 0 radical (unpaired) electrons. The third-order valence-electron chi connectivity index (χ3n) is 13.0. The van der Waals surface area contributed by atoms with Crippen molar-refractivity contribution in [3.63, 3.8) is 0 Å². The van der Waals surface area contributed by atoms with Crippen molar-refractivity contribution in [2.24, 2.45) is 11.8 Å². The zero-order chi connectivity index (χ0) is 42.4. The highest BCUT2D eigenvalue weighted by atomic mass is 16.6. The fourth-order valence-electron chi connectivity index (χ4n) is 8.22. The predicted molar refractivity (Wildman–Crippen MR) is 252 cm³/mol. The van der Waals surface area contributed by atoms with Gasteiger partial charge in [-0.1, -0.05) is 272 Å². The lowest BCUT2D eigenvalue weighted by Gasteiger charge is -2.15. The van der Waals surface area contributed by atoms with Gasteiger partial charge in [-0.15, -0.1) is 0 Å². The summed E-state index contributed by atoms with van der Waals surface area (Å²) >= 11 is 0. The van der Waals surface area contributed by atoms with Crippen LogP contribution in [0.1, 0.15) is 297 Å². The molecule has 0 fully saturated rings. The van der Waals surface area contributed by atoms with Crippen molar-refractivity contribution < 1.29 is 24.2 Å². The van der Waals surface area contributed by atoms with Crippen LogP contribution in [0, 0.1) is 11.8 Å². The van der Waals surface area contributed by atoms with E-state index >= 15 is 0 Å². The van der Waals surface area contributed by atoms with Crippen molar-refractivity contribution in [2.45, 2.75) is 303 Å². The van der Waals surface area contributed by atoms with Crippen molar-refractivity contribution in [3.05, 3.63) is 0 Å². The van der Waals surface area contributed by atoms with E-state index in [4.69, 9.17) is 9.47 Å². The number of ether oxygens (including phenoxy) is 2. The molecule has 2 unspecified atom stereocenters. The first-order chi connectivity index (χ1) is 28.4. The summed E-state index contributed by atoms with van der Waals surface area (Å²) in [6.07, 6.45) is 53.3. The van der Waals surface area contributed by atoms with Gasteiger partial charge in [-0.3, -0.25) is 9.59 Å². The minimum absolute atomic E-state index is 0.0569. The SMILES string of the molecule is CCC(C)CCCCCCCCCCCCCCCCCCCCC(=O)OC[C@H](CO)OC(=O)CCCCCCCCCCCCCCCCCCCCC(C)CC. The maximum absolute atomic E-state index is 12.3. The Bertz CT molecular complexity index is 829. The molecule has 0 amide bonds. The molecule has 5 heteroatoms. The maximum Gasteiger partial charge on any atom is 0.306 e. The highest BCUT2D eigenvalue weighted by Gasteiger charge is 2.16. The van der Waals surface area contributed by atoms with E-state index in [0.717, 1.165) is 43.9 Å². The Kier molecular flexibility index (Phi) is 46.1. The Hall–Kier alpha value is -1.10. The molecule has 0 aromatic carbocycles. The average molecular weight is 821 g/mol. The molecular weight excluding hydrogens is 717 g/mol. The second-order valence-electron chi connectivity index (χ2n) is 18.8. The lowest BCUT2D eigenvalue weighted by atomic mass is 9.99. The highest BCUT2D eigenvalue weighted by molar-refractivity contribution is 5.70. The molecule has 5 nitrogen and oxygen atoms in total. The summed E-state index contributed by atoms with van der Waals surface area (Å²) in [5.41, 5.74) is 0. The molecular formula is C53H104O5. The number of hydrogen-bond donors (Lipinski definition) is 1. The van der Waals surface area contributed by atoms with Crippen LogP contribution in [0.25, 0.3) is 0 Å². The van der Waals surface area contributed by atoms with Crippen molar-refractivity contribution >= 4 is 11.9 Å². The maximum atomic E-state index is 12.3. The molecule has 0 aliphatic carbocycles. The zero-order valence-electron chi connectivity index (χ0n) is 39.9. The lowest BCUT2D eigenvalue weighted by Crippen LogP contribution is -2.28. The topological polar surface area (TPSA) is 72.8 Å². The number of carbonyl (C=O) groups excluding carboxylic acids is 2. The van der Waals surface area contributed by atoms with Gasteiger partial charge in [0.2, 0.25) is 0 Å². The summed E-state index contributed by atoms with van der Waals surface area (Å²) in [6.45, 7) is 9.00. The van der Waals surface area contributed by atoms with Crippen molar-refractivity contribution in [1.29, 1.82) is 0 Å². The summed E-state index contributed by atoms with van der Waals surface area (Å²) < 4.78 is 10.7. The fourth-order valence-corrected chi connectivity index (χ4v) is 8.22. The zero-order valence-corrected chi connectivity index (χ0v) is 39.9. The number of rotatable bonds is 48. The molecule has 0 saturated heterocycles. The van der Waals surface area contributed by atoms with E-state index in [9.17, 15) is 14.7 Å². The Morgan fingerprint density at radius 3 is 0.879 bits per heavy atom. The summed E-state index contributed by atoms with van der Waals surface area (Å²) in [5, 5.41) is 9.63. The first kappa shape index (κ1) is 56.9. The van der Waals surface area contributed by atoms with Crippen molar-refractivity contribution in [3.8, 4) is 0 Å². The molecule has 1 N–H and O–H groups in total. The molecule has 0 aliphatic rings. The molecule has 346 valence electrons. The largest absolute Gasteiger partial charge is 0.462 e. The smallest absolute Gasteiger partial charge is 0.306 e. The van der Waals surface area contributed by atoms with Crippen LogP contribution in [0.5, 0.6) is 0 Å². The van der Waals surface area contributed by atoms with Crippen LogP contribution >= 0.6 is 0 Å². The quantitative estimate of drug-likeness (QED) is 0.0489. The van der Waals surface area contributed by atoms with Gasteiger partial charge in [0.15, 0.2) is 6.10 Å². The Morgan fingerprint density at radius 2 is 0.621 bits per heavy atom. The van der Waals surface area contributed by atoms with Crippen LogP contribution in [-0.4, -0.2) is 36.4 Å². The van der Waals surface area contributed by atoms with E-state index in [-0.39, 0.29) is 25.2 Å². The first-order valence-electron chi connectivity index (χ1n) is 26.4. The molecule has 3 atom stereocenters. The Labute approximate surface area is 363 Å². The molecule has 58 heavy (non-hydrogen) atoms. The minimum atomic E-state index is -0.764. The minimum Gasteiger partial charge on any atom is -0.462 e.